The van der Waals surface area contributed by atoms with Gasteiger partial charge in [0.1, 0.15) is 5.00 Å². The van der Waals surface area contributed by atoms with Gasteiger partial charge in [-0.3, -0.25) is 5.32 Å². The predicted octanol–water partition coefficient (Wildman–Crippen LogP) is 3.00. The Labute approximate surface area is 116 Å². The minimum Gasteiger partial charge on any atom is -0.478 e. The summed E-state index contributed by atoms with van der Waals surface area (Å²) in [5, 5.41) is 16.5. The lowest BCUT2D eigenvalue weighted by atomic mass is 10.0. The molecule has 1 aromatic rings. The number of carbonyl (C=O) groups is 2. The van der Waals surface area contributed by atoms with Crippen molar-refractivity contribution in [2.24, 2.45) is 10.8 Å². The lowest BCUT2D eigenvalue weighted by molar-refractivity contribution is 0.0698. The van der Waals surface area contributed by atoms with Gasteiger partial charge in [-0.1, -0.05) is 27.7 Å². The highest BCUT2D eigenvalue weighted by Crippen LogP contribution is 2.62. The molecular formula is C13H18N2O3S. The molecule has 5 nitrogen and oxygen atoms in total. The maximum Gasteiger partial charge on any atom is 0.338 e. The summed E-state index contributed by atoms with van der Waals surface area (Å²) in [7, 11) is 0. The van der Waals surface area contributed by atoms with E-state index in [1.54, 1.807) is 5.38 Å². The first-order chi connectivity index (χ1) is 8.68. The van der Waals surface area contributed by atoms with E-state index in [4.69, 9.17) is 5.11 Å². The van der Waals surface area contributed by atoms with Crippen molar-refractivity contribution >= 4 is 28.3 Å². The molecule has 0 spiro atoms. The third-order valence-corrected chi connectivity index (χ3v) is 5.25. The fraction of sp³-hybridized carbons (Fsp3) is 0.538. The quantitative estimate of drug-likeness (QED) is 0.797. The van der Waals surface area contributed by atoms with Crippen LogP contribution in [-0.4, -0.2) is 23.1 Å². The molecular weight excluding hydrogens is 264 g/mol. The highest BCUT2D eigenvalue weighted by Gasteiger charge is 2.65. The number of thiophene rings is 1. The van der Waals surface area contributed by atoms with Crippen LogP contribution in [0.4, 0.5) is 9.80 Å². The lowest BCUT2D eigenvalue weighted by Crippen LogP contribution is -2.33. The van der Waals surface area contributed by atoms with Crippen molar-refractivity contribution in [1.29, 1.82) is 0 Å². The van der Waals surface area contributed by atoms with Gasteiger partial charge in [-0.05, 0) is 22.3 Å². The van der Waals surface area contributed by atoms with Crippen molar-refractivity contribution in [2.75, 3.05) is 5.32 Å². The van der Waals surface area contributed by atoms with Crippen molar-refractivity contribution < 1.29 is 14.7 Å². The highest BCUT2D eigenvalue weighted by atomic mass is 32.1. The smallest absolute Gasteiger partial charge is 0.338 e. The van der Waals surface area contributed by atoms with E-state index >= 15 is 0 Å². The summed E-state index contributed by atoms with van der Waals surface area (Å²) in [5.41, 5.74) is 0.222. The Balaban J connectivity index is 2.00. The SMILES string of the molecule is CC1(C)C(NC(=O)Nc2sccc2C(=O)O)C1(C)C. The Kier molecular flexibility index (Phi) is 3.09. The Morgan fingerprint density at radius 1 is 1.26 bits per heavy atom. The Morgan fingerprint density at radius 2 is 1.84 bits per heavy atom. The van der Waals surface area contributed by atoms with Crippen molar-refractivity contribution in [3.8, 4) is 0 Å². The summed E-state index contributed by atoms with van der Waals surface area (Å²) in [6.45, 7) is 8.41. The first-order valence-electron chi connectivity index (χ1n) is 6.06. The molecule has 6 heteroatoms. The molecule has 2 rings (SSSR count). The normalized spacial score (nSPS) is 19.8. The fourth-order valence-electron chi connectivity index (χ4n) is 2.40. The second kappa shape index (κ2) is 4.23. The molecule has 0 aromatic carbocycles. The van der Waals surface area contributed by atoms with Crippen LogP contribution in [0.15, 0.2) is 11.4 Å². The summed E-state index contributed by atoms with van der Waals surface area (Å²) >= 11 is 1.20. The Bertz CT molecular complexity index is 520. The van der Waals surface area contributed by atoms with E-state index in [1.807, 2.05) is 0 Å². The number of aromatic carboxylic acids is 1. The number of amides is 2. The fourth-order valence-corrected chi connectivity index (χ4v) is 3.18. The number of nitrogens with one attached hydrogen (secondary N) is 2. The van der Waals surface area contributed by atoms with Gasteiger partial charge in [-0.15, -0.1) is 11.3 Å². The molecule has 0 aliphatic heterocycles. The number of anilines is 1. The van der Waals surface area contributed by atoms with Gasteiger partial charge in [0.05, 0.1) is 5.56 Å². The van der Waals surface area contributed by atoms with Crippen LogP contribution in [0.25, 0.3) is 0 Å². The minimum atomic E-state index is -1.04. The van der Waals surface area contributed by atoms with Gasteiger partial charge in [-0.2, -0.15) is 0 Å². The van der Waals surface area contributed by atoms with E-state index < -0.39 is 5.97 Å². The van der Waals surface area contributed by atoms with E-state index in [0.29, 0.717) is 5.00 Å². The third kappa shape index (κ3) is 2.20. The van der Waals surface area contributed by atoms with Gasteiger partial charge in [0.15, 0.2) is 0 Å². The number of carboxylic acid groups (broad SMARTS) is 1. The molecule has 1 aromatic heterocycles. The average molecular weight is 282 g/mol. The van der Waals surface area contributed by atoms with Crippen LogP contribution in [0.5, 0.6) is 0 Å². The van der Waals surface area contributed by atoms with Crippen LogP contribution < -0.4 is 10.6 Å². The van der Waals surface area contributed by atoms with Crippen LogP contribution in [0.2, 0.25) is 0 Å². The number of carbonyl (C=O) groups excluding carboxylic acids is 1. The molecule has 104 valence electrons. The largest absolute Gasteiger partial charge is 0.478 e. The topological polar surface area (TPSA) is 78.4 Å². The number of hydrogen-bond acceptors (Lipinski definition) is 3. The molecule has 19 heavy (non-hydrogen) atoms. The van der Waals surface area contributed by atoms with Crippen molar-refractivity contribution in [1.82, 2.24) is 5.32 Å². The molecule has 1 aliphatic carbocycles. The van der Waals surface area contributed by atoms with E-state index in [9.17, 15) is 9.59 Å². The van der Waals surface area contributed by atoms with Crippen LogP contribution in [0.3, 0.4) is 0 Å². The van der Waals surface area contributed by atoms with Crippen molar-refractivity contribution in [3.63, 3.8) is 0 Å². The first-order valence-corrected chi connectivity index (χ1v) is 6.94. The molecule has 1 heterocycles. The minimum absolute atomic E-state index is 0.0510. The molecule has 3 N–H and O–H groups in total. The van der Waals surface area contributed by atoms with E-state index in [1.165, 1.54) is 17.4 Å². The van der Waals surface area contributed by atoms with Gasteiger partial charge >= 0.3 is 12.0 Å². The highest BCUT2D eigenvalue weighted by molar-refractivity contribution is 7.14. The van der Waals surface area contributed by atoms with E-state index in [0.717, 1.165) is 0 Å². The molecule has 0 atom stereocenters. The predicted molar refractivity (Wildman–Crippen MR) is 74.8 cm³/mol. The molecule has 1 aliphatic rings. The number of urea groups is 1. The molecule has 0 saturated heterocycles. The molecule has 1 saturated carbocycles. The lowest BCUT2D eigenvalue weighted by Gasteiger charge is -2.08. The number of carboxylic acids is 1. The zero-order chi connectivity index (χ0) is 14.4. The van der Waals surface area contributed by atoms with Gasteiger partial charge in [0.25, 0.3) is 0 Å². The second-order valence-electron chi connectivity index (χ2n) is 5.94. The van der Waals surface area contributed by atoms with Crippen LogP contribution in [0.1, 0.15) is 38.1 Å². The summed E-state index contributed by atoms with van der Waals surface area (Å²) in [5.74, 6) is -1.04. The number of hydrogen-bond donors (Lipinski definition) is 3. The summed E-state index contributed by atoms with van der Waals surface area (Å²) in [4.78, 5) is 22.8. The summed E-state index contributed by atoms with van der Waals surface area (Å²) in [6.07, 6.45) is 0. The monoisotopic (exact) mass is 282 g/mol. The molecule has 2 amide bonds. The molecule has 0 unspecified atom stereocenters. The first kappa shape index (κ1) is 13.9. The number of rotatable bonds is 3. The maximum absolute atomic E-state index is 11.9. The van der Waals surface area contributed by atoms with Crippen molar-refractivity contribution in [3.05, 3.63) is 17.0 Å². The van der Waals surface area contributed by atoms with E-state index in [-0.39, 0.29) is 28.5 Å². The van der Waals surface area contributed by atoms with Gasteiger partial charge in [0, 0.05) is 6.04 Å². The summed E-state index contributed by atoms with van der Waals surface area (Å²) < 4.78 is 0. The van der Waals surface area contributed by atoms with Gasteiger partial charge in [0.2, 0.25) is 0 Å². The zero-order valence-corrected chi connectivity index (χ0v) is 12.2. The van der Waals surface area contributed by atoms with Crippen LogP contribution in [0, 0.1) is 10.8 Å². The molecule has 1 fully saturated rings. The van der Waals surface area contributed by atoms with E-state index in [2.05, 4.69) is 38.3 Å². The van der Waals surface area contributed by atoms with Crippen LogP contribution in [-0.2, 0) is 0 Å². The zero-order valence-electron chi connectivity index (χ0n) is 11.4. The molecule has 0 bridgehead atoms. The van der Waals surface area contributed by atoms with Gasteiger partial charge < -0.3 is 10.4 Å². The van der Waals surface area contributed by atoms with Gasteiger partial charge in [-0.25, -0.2) is 9.59 Å². The standard InChI is InChI=1S/C13H18N2O3S/c1-12(2)10(13(12,3)4)15-11(18)14-8-7(9(16)17)5-6-19-8/h5-6,10H,1-4H3,(H,16,17)(H2,14,15,18). The molecule has 0 radical (unpaired) electrons. The summed E-state index contributed by atoms with van der Waals surface area (Å²) in [6, 6.07) is 1.22. The van der Waals surface area contributed by atoms with Crippen molar-refractivity contribution in [2.45, 2.75) is 33.7 Å². The average Bonchev–Trinajstić information content (AvgIpc) is 2.69. The Hall–Kier alpha value is -1.56. The van der Waals surface area contributed by atoms with Crippen LogP contribution >= 0.6 is 11.3 Å². The Morgan fingerprint density at radius 3 is 2.32 bits per heavy atom. The maximum atomic E-state index is 11.9. The third-order valence-electron chi connectivity index (χ3n) is 4.42. The second-order valence-corrected chi connectivity index (χ2v) is 6.86.